The lowest BCUT2D eigenvalue weighted by molar-refractivity contribution is -0.128. The van der Waals surface area contributed by atoms with Gasteiger partial charge in [0.05, 0.1) is 24.2 Å². The van der Waals surface area contributed by atoms with Crippen molar-refractivity contribution in [1.29, 1.82) is 5.26 Å². The summed E-state index contributed by atoms with van der Waals surface area (Å²) in [6.45, 7) is 9.38. The van der Waals surface area contributed by atoms with Crippen molar-refractivity contribution in [2.75, 3.05) is 61.5 Å². The number of nitriles is 1. The fourth-order valence-corrected chi connectivity index (χ4v) is 7.31. The number of anilines is 3. The number of likely N-dealkylation sites (tertiary alicyclic amines) is 1. The highest BCUT2D eigenvalue weighted by atomic mass is 16.5. The van der Waals surface area contributed by atoms with E-state index in [0.29, 0.717) is 38.3 Å². The number of benzene rings is 1. The summed E-state index contributed by atoms with van der Waals surface area (Å²) in [5.74, 6) is 0.648. The molecule has 0 saturated carbocycles. The van der Waals surface area contributed by atoms with Crippen LogP contribution in [0.25, 0.3) is 0 Å². The molecule has 1 N–H and O–H groups in total. The Morgan fingerprint density at radius 3 is 2.77 bits per heavy atom. The van der Waals surface area contributed by atoms with Crippen LogP contribution < -0.4 is 19.9 Å². The van der Waals surface area contributed by atoms with Gasteiger partial charge in [-0.25, -0.2) is 0 Å². The highest BCUT2D eigenvalue weighted by Gasteiger charge is 2.36. The summed E-state index contributed by atoms with van der Waals surface area (Å²) in [6, 6.07) is 9.23. The third-order valence-electron chi connectivity index (χ3n) is 9.63. The van der Waals surface area contributed by atoms with E-state index in [1.807, 2.05) is 6.07 Å². The van der Waals surface area contributed by atoms with Crippen molar-refractivity contribution in [3.05, 3.63) is 47.7 Å². The Labute approximate surface area is 259 Å². The third-order valence-corrected chi connectivity index (χ3v) is 9.63. The predicted octanol–water partition coefficient (Wildman–Crippen LogP) is 2.94. The van der Waals surface area contributed by atoms with Crippen LogP contribution in [0.4, 0.5) is 17.2 Å². The first kappa shape index (κ1) is 29.9. The SMILES string of the molecule is C=CC(=O)N1CCN(c2nc(OC[C@@H]3CCCN3C)nc3c2CC[C@@H](N2CCc4ccc(NC(C)=O)cc42)C3)C[C@@H]1CC#N. The molecule has 4 heterocycles. The van der Waals surface area contributed by atoms with Crippen LogP contribution in [0, 0.1) is 11.3 Å². The minimum atomic E-state index is -0.239. The number of piperazine rings is 1. The average molecular weight is 599 g/mol. The lowest BCUT2D eigenvalue weighted by atomic mass is 9.90. The molecular formula is C33H42N8O3. The predicted molar refractivity (Wildman–Crippen MR) is 169 cm³/mol. The van der Waals surface area contributed by atoms with Crippen molar-refractivity contribution in [2.24, 2.45) is 0 Å². The minimum Gasteiger partial charge on any atom is -0.462 e. The number of hydrogen-bond acceptors (Lipinski definition) is 9. The lowest BCUT2D eigenvalue weighted by Crippen LogP contribution is -2.55. The number of ether oxygens (including phenoxy) is 1. The van der Waals surface area contributed by atoms with Gasteiger partial charge in [-0.3, -0.25) is 9.59 Å². The molecule has 0 radical (unpaired) electrons. The maximum absolute atomic E-state index is 12.5. The van der Waals surface area contributed by atoms with Gasteiger partial charge in [-0.1, -0.05) is 12.6 Å². The van der Waals surface area contributed by atoms with Gasteiger partial charge in [0, 0.05) is 68.5 Å². The van der Waals surface area contributed by atoms with Crippen molar-refractivity contribution in [1.82, 2.24) is 19.8 Å². The molecule has 0 bridgehead atoms. The molecule has 1 aromatic carbocycles. The van der Waals surface area contributed by atoms with Crippen LogP contribution in [0.2, 0.25) is 0 Å². The van der Waals surface area contributed by atoms with E-state index in [4.69, 9.17) is 14.7 Å². The minimum absolute atomic E-state index is 0.0756. The van der Waals surface area contributed by atoms with Gasteiger partial charge in [-0.2, -0.15) is 15.2 Å². The molecule has 3 atom stereocenters. The number of carbonyl (C=O) groups is 2. The highest BCUT2D eigenvalue weighted by Crippen LogP contribution is 2.38. The van der Waals surface area contributed by atoms with Crippen molar-refractivity contribution in [3.8, 4) is 12.1 Å². The van der Waals surface area contributed by atoms with Crippen LogP contribution in [0.15, 0.2) is 30.9 Å². The maximum atomic E-state index is 12.5. The summed E-state index contributed by atoms with van der Waals surface area (Å²) in [7, 11) is 2.13. The number of nitrogens with one attached hydrogen (secondary N) is 1. The molecule has 1 aromatic heterocycles. The molecule has 6 rings (SSSR count). The van der Waals surface area contributed by atoms with Crippen LogP contribution in [-0.2, 0) is 28.9 Å². The Bertz CT molecular complexity index is 1470. The van der Waals surface area contributed by atoms with Crippen LogP contribution in [0.3, 0.4) is 0 Å². The molecule has 0 spiro atoms. The molecule has 4 aliphatic rings. The van der Waals surface area contributed by atoms with Crippen molar-refractivity contribution in [3.63, 3.8) is 0 Å². The van der Waals surface area contributed by atoms with E-state index in [-0.39, 0.29) is 30.3 Å². The lowest BCUT2D eigenvalue weighted by Gasteiger charge is -2.42. The standard InChI is InChI=1S/C33H42N8O3/c1-4-31(43)41-17-16-39(20-26(41)11-13-34)32-28-10-9-25(40-15-12-23-7-8-24(18-30(23)40)35-22(2)42)19-29(28)36-33(37-32)44-21-27-6-5-14-38(27)3/h4,7-8,18,25-27H,1,5-6,9-12,14-17,19-21H2,2-3H3,(H,35,42)/t25-,26+,27+/m1/s1. The number of hydrogen-bond donors (Lipinski definition) is 1. The van der Waals surface area contributed by atoms with Crippen LogP contribution in [-0.4, -0.2) is 96.1 Å². The number of fused-ring (bicyclic) bond motifs is 2. The van der Waals surface area contributed by atoms with Gasteiger partial charge >= 0.3 is 6.01 Å². The molecule has 2 aromatic rings. The van der Waals surface area contributed by atoms with Gasteiger partial charge in [0.25, 0.3) is 0 Å². The van der Waals surface area contributed by atoms with E-state index in [9.17, 15) is 14.9 Å². The zero-order chi connectivity index (χ0) is 30.8. The molecule has 44 heavy (non-hydrogen) atoms. The Morgan fingerprint density at radius 2 is 2.02 bits per heavy atom. The first-order chi connectivity index (χ1) is 21.3. The molecule has 2 amide bonds. The van der Waals surface area contributed by atoms with Crippen molar-refractivity contribution >= 4 is 29.0 Å². The summed E-state index contributed by atoms with van der Waals surface area (Å²) in [6.07, 6.45) is 7.36. The summed E-state index contributed by atoms with van der Waals surface area (Å²) in [4.78, 5) is 43.0. The maximum Gasteiger partial charge on any atom is 0.318 e. The first-order valence-electron chi connectivity index (χ1n) is 15.8. The molecule has 2 fully saturated rings. The number of aromatic nitrogens is 2. The smallest absolute Gasteiger partial charge is 0.318 e. The van der Waals surface area contributed by atoms with Crippen LogP contribution in [0.1, 0.15) is 49.4 Å². The molecule has 232 valence electrons. The third kappa shape index (κ3) is 6.09. The number of carbonyl (C=O) groups excluding carboxylic acids is 2. The number of likely N-dealkylation sites (N-methyl/N-ethyl adjacent to an activating group) is 1. The van der Waals surface area contributed by atoms with E-state index in [1.54, 1.807) is 4.90 Å². The molecule has 2 saturated heterocycles. The quantitative estimate of drug-likeness (QED) is 0.458. The molecule has 11 heteroatoms. The summed E-state index contributed by atoms with van der Waals surface area (Å²) in [5, 5.41) is 12.5. The van der Waals surface area contributed by atoms with Crippen LogP contribution >= 0.6 is 0 Å². The fraction of sp³-hybridized carbons (Fsp3) is 0.545. The summed E-state index contributed by atoms with van der Waals surface area (Å²) < 4.78 is 6.30. The van der Waals surface area contributed by atoms with Crippen LogP contribution in [0.5, 0.6) is 6.01 Å². The number of rotatable bonds is 8. The molecule has 0 unspecified atom stereocenters. The Kier molecular flexibility index (Phi) is 8.71. The largest absolute Gasteiger partial charge is 0.462 e. The topological polar surface area (TPSA) is 118 Å². The zero-order valence-electron chi connectivity index (χ0n) is 25.8. The second-order valence-electron chi connectivity index (χ2n) is 12.4. The van der Waals surface area contributed by atoms with E-state index in [0.717, 1.165) is 74.4 Å². The van der Waals surface area contributed by atoms with Gasteiger partial charge in [0.1, 0.15) is 12.4 Å². The summed E-state index contributed by atoms with van der Waals surface area (Å²) in [5.41, 5.74) is 5.44. The molecule has 1 aliphatic carbocycles. The van der Waals surface area contributed by atoms with E-state index >= 15 is 0 Å². The number of nitrogens with zero attached hydrogens (tertiary/aromatic N) is 7. The van der Waals surface area contributed by atoms with Gasteiger partial charge in [-0.05, 0) is 69.5 Å². The van der Waals surface area contributed by atoms with E-state index < -0.39 is 0 Å². The van der Waals surface area contributed by atoms with Gasteiger partial charge < -0.3 is 29.7 Å². The summed E-state index contributed by atoms with van der Waals surface area (Å²) >= 11 is 0. The Hall–Kier alpha value is -4.17. The molecule has 11 nitrogen and oxygen atoms in total. The van der Waals surface area contributed by atoms with Gasteiger partial charge in [-0.15, -0.1) is 0 Å². The fourth-order valence-electron chi connectivity index (χ4n) is 7.31. The number of amides is 2. The normalized spacial score (nSPS) is 23.1. The van der Waals surface area contributed by atoms with E-state index in [1.165, 1.54) is 24.3 Å². The van der Waals surface area contributed by atoms with Crippen molar-refractivity contribution < 1.29 is 14.3 Å². The van der Waals surface area contributed by atoms with Gasteiger partial charge in [0.2, 0.25) is 11.8 Å². The second-order valence-corrected chi connectivity index (χ2v) is 12.4. The highest BCUT2D eigenvalue weighted by molar-refractivity contribution is 5.89. The Balaban J connectivity index is 1.28. The zero-order valence-corrected chi connectivity index (χ0v) is 25.8. The monoisotopic (exact) mass is 598 g/mol. The Morgan fingerprint density at radius 1 is 1.16 bits per heavy atom. The van der Waals surface area contributed by atoms with Gasteiger partial charge in [0.15, 0.2) is 0 Å². The van der Waals surface area contributed by atoms with E-state index in [2.05, 4.69) is 51.8 Å². The molecular weight excluding hydrogens is 556 g/mol. The molecule has 3 aliphatic heterocycles. The van der Waals surface area contributed by atoms with Crippen molar-refractivity contribution in [2.45, 2.75) is 70.0 Å². The first-order valence-corrected chi connectivity index (χ1v) is 15.8. The second kappa shape index (κ2) is 12.8. The average Bonchev–Trinajstić information content (AvgIpc) is 3.64.